The van der Waals surface area contributed by atoms with Crippen LogP contribution in [-0.2, 0) is 4.79 Å². The van der Waals surface area contributed by atoms with Gasteiger partial charge in [0.15, 0.2) is 0 Å². The molecule has 0 saturated carbocycles. The van der Waals surface area contributed by atoms with Gasteiger partial charge in [-0.3, -0.25) is 4.79 Å². The van der Waals surface area contributed by atoms with Crippen molar-refractivity contribution in [2.24, 2.45) is 5.92 Å². The second-order valence-electron chi connectivity index (χ2n) is 4.85. The van der Waals surface area contributed by atoms with Gasteiger partial charge in [-0.2, -0.15) is 0 Å². The van der Waals surface area contributed by atoms with Crippen LogP contribution in [0.4, 0.5) is 10.1 Å². The van der Waals surface area contributed by atoms with Crippen molar-refractivity contribution in [1.29, 1.82) is 0 Å². The highest BCUT2D eigenvalue weighted by molar-refractivity contribution is 5.92. The average molecular weight is 250 g/mol. The van der Waals surface area contributed by atoms with E-state index >= 15 is 0 Å². The number of hydrogen-bond acceptors (Lipinski definition) is 2. The lowest BCUT2D eigenvalue weighted by molar-refractivity contribution is -0.119. The predicted octanol–water partition coefficient (Wildman–Crippen LogP) is 2.18. The summed E-state index contributed by atoms with van der Waals surface area (Å²) in [6, 6.07) is 6.02. The second-order valence-corrected chi connectivity index (χ2v) is 4.85. The zero-order valence-corrected chi connectivity index (χ0v) is 10.7. The Labute approximate surface area is 107 Å². The number of piperidine rings is 1. The molecule has 98 valence electrons. The molecule has 0 radical (unpaired) electrons. The van der Waals surface area contributed by atoms with Gasteiger partial charge in [-0.15, -0.1) is 0 Å². The first-order chi connectivity index (χ1) is 8.66. The van der Waals surface area contributed by atoms with Crippen LogP contribution in [0.5, 0.6) is 0 Å². The molecule has 1 aliphatic heterocycles. The second kappa shape index (κ2) is 5.96. The van der Waals surface area contributed by atoms with Gasteiger partial charge in [-0.25, -0.2) is 4.39 Å². The summed E-state index contributed by atoms with van der Waals surface area (Å²) in [5.41, 5.74) is 0.741. The van der Waals surface area contributed by atoms with Crippen molar-refractivity contribution in [3.8, 4) is 0 Å². The molecule has 3 nitrogen and oxygen atoms in total. The summed E-state index contributed by atoms with van der Waals surface area (Å²) in [6.45, 7) is 1.97. The number of amides is 1. The van der Waals surface area contributed by atoms with E-state index in [9.17, 15) is 9.18 Å². The monoisotopic (exact) mass is 250 g/mol. The van der Waals surface area contributed by atoms with Gasteiger partial charge in [0.05, 0.1) is 0 Å². The highest BCUT2D eigenvalue weighted by atomic mass is 19.1. The Morgan fingerprint density at radius 1 is 1.44 bits per heavy atom. The third-order valence-corrected chi connectivity index (χ3v) is 3.45. The Hall–Kier alpha value is -1.42. The minimum atomic E-state index is -0.281. The molecule has 1 fully saturated rings. The average Bonchev–Trinajstić information content (AvgIpc) is 2.40. The minimum Gasteiger partial charge on any atom is -0.316 e. The maximum absolute atomic E-state index is 12.8. The molecule has 1 atom stereocenters. The Balaban J connectivity index is 1.93. The lowest BCUT2D eigenvalue weighted by Crippen LogP contribution is -2.35. The zero-order chi connectivity index (χ0) is 13.0. The Morgan fingerprint density at radius 2 is 2.17 bits per heavy atom. The maximum Gasteiger partial charge on any atom is 0.227 e. The van der Waals surface area contributed by atoms with Gasteiger partial charge in [0.2, 0.25) is 5.91 Å². The summed E-state index contributed by atoms with van der Waals surface area (Å²) in [5, 5.41) is 3.31. The molecule has 2 rings (SSSR count). The molecule has 1 amide bonds. The van der Waals surface area contributed by atoms with Gasteiger partial charge in [-0.1, -0.05) is 0 Å². The molecule has 1 unspecified atom stereocenters. The van der Waals surface area contributed by atoms with E-state index in [2.05, 4.69) is 5.32 Å². The first-order valence-electron chi connectivity index (χ1n) is 6.39. The summed E-state index contributed by atoms with van der Waals surface area (Å²) in [6.07, 6.45) is 2.80. The molecular formula is C14H19FN2O. The Kier molecular flexibility index (Phi) is 4.31. The number of carbonyl (C=O) groups excluding carboxylic acids is 1. The van der Waals surface area contributed by atoms with Crippen molar-refractivity contribution in [1.82, 2.24) is 5.32 Å². The highest BCUT2D eigenvalue weighted by Crippen LogP contribution is 2.19. The largest absolute Gasteiger partial charge is 0.316 e. The number of nitrogens with one attached hydrogen (secondary N) is 1. The number of carbonyl (C=O) groups is 1. The molecule has 1 aliphatic rings. The van der Waals surface area contributed by atoms with E-state index in [0.29, 0.717) is 12.3 Å². The van der Waals surface area contributed by atoms with Gasteiger partial charge >= 0.3 is 0 Å². The molecule has 18 heavy (non-hydrogen) atoms. The van der Waals surface area contributed by atoms with E-state index in [1.807, 2.05) is 0 Å². The van der Waals surface area contributed by atoms with E-state index in [4.69, 9.17) is 0 Å². The van der Waals surface area contributed by atoms with Crippen LogP contribution in [0, 0.1) is 11.7 Å². The van der Waals surface area contributed by atoms with E-state index in [-0.39, 0.29) is 11.7 Å². The maximum atomic E-state index is 12.8. The smallest absolute Gasteiger partial charge is 0.227 e. The Morgan fingerprint density at radius 3 is 2.78 bits per heavy atom. The van der Waals surface area contributed by atoms with Gasteiger partial charge in [-0.05, 0) is 56.1 Å². The van der Waals surface area contributed by atoms with Gasteiger partial charge in [0.1, 0.15) is 5.82 Å². The molecular weight excluding hydrogens is 231 g/mol. The van der Waals surface area contributed by atoms with Crippen molar-refractivity contribution in [2.45, 2.75) is 19.3 Å². The molecule has 0 aromatic heterocycles. The molecule has 4 heteroatoms. The minimum absolute atomic E-state index is 0.0929. The van der Waals surface area contributed by atoms with Crippen molar-refractivity contribution in [2.75, 3.05) is 25.0 Å². The quantitative estimate of drug-likeness (QED) is 0.891. The number of halogens is 1. The summed E-state index contributed by atoms with van der Waals surface area (Å²) in [4.78, 5) is 13.7. The molecule has 1 N–H and O–H groups in total. The van der Waals surface area contributed by atoms with Gasteiger partial charge in [0, 0.05) is 19.2 Å². The van der Waals surface area contributed by atoms with Gasteiger partial charge in [0.25, 0.3) is 0 Å². The lowest BCUT2D eigenvalue weighted by Gasteiger charge is -2.25. The van der Waals surface area contributed by atoms with Crippen molar-refractivity contribution >= 4 is 11.6 Å². The van der Waals surface area contributed by atoms with Crippen molar-refractivity contribution in [3.05, 3.63) is 30.1 Å². The van der Waals surface area contributed by atoms with Crippen LogP contribution < -0.4 is 10.2 Å². The first kappa shape index (κ1) is 13.0. The molecule has 1 aromatic carbocycles. The Bertz CT molecular complexity index is 399. The van der Waals surface area contributed by atoms with Crippen LogP contribution in [0.1, 0.15) is 19.3 Å². The molecule has 1 saturated heterocycles. The van der Waals surface area contributed by atoms with Crippen LogP contribution >= 0.6 is 0 Å². The summed E-state index contributed by atoms with van der Waals surface area (Å²) < 4.78 is 12.8. The first-order valence-corrected chi connectivity index (χ1v) is 6.39. The summed E-state index contributed by atoms with van der Waals surface area (Å²) in [7, 11) is 1.74. The molecule has 0 aliphatic carbocycles. The molecule has 1 heterocycles. The van der Waals surface area contributed by atoms with Crippen LogP contribution in [0.2, 0.25) is 0 Å². The topological polar surface area (TPSA) is 32.3 Å². The molecule has 1 aromatic rings. The van der Waals surface area contributed by atoms with Crippen LogP contribution in [0.3, 0.4) is 0 Å². The summed E-state index contributed by atoms with van der Waals surface area (Å²) in [5.74, 6) is 0.237. The number of rotatable bonds is 3. The van der Waals surface area contributed by atoms with E-state index < -0.39 is 0 Å². The molecule has 0 spiro atoms. The van der Waals surface area contributed by atoms with Gasteiger partial charge < -0.3 is 10.2 Å². The van der Waals surface area contributed by atoms with E-state index in [1.54, 1.807) is 24.1 Å². The van der Waals surface area contributed by atoms with Crippen molar-refractivity contribution < 1.29 is 9.18 Å². The van der Waals surface area contributed by atoms with Crippen LogP contribution in [-0.4, -0.2) is 26.0 Å². The predicted molar refractivity (Wildman–Crippen MR) is 70.0 cm³/mol. The van der Waals surface area contributed by atoms with E-state index in [0.717, 1.165) is 31.6 Å². The normalized spacial score (nSPS) is 19.6. The number of benzene rings is 1. The fourth-order valence-corrected chi connectivity index (χ4v) is 2.29. The van der Waals surface area contributed by atoms with Crippen LogP contribution in [0.25, 0.3) is 0 Å². The number of hydrogen-bond donors (Lipinski definition) is 1. The highest BCUT2D eigenvalue weighted by Gasteiger charge is 2.19. The third kappa shape index (κ3) is 3.29. The van der Waals surface area contributed by atoms with Crippen molar-refractivity contribution in [3.63, 3.8) is 0 Å². The fraction of sp³-hybridized carbons (Fsp3) is 0.500. The summed E-state index contributed by atoms with van der Waals surface area (Å²) >= 11 is 0. The standard InChI is InChI=1S/C14H19FN2O/c1-17(13-6-4-12(15)5-7-13)14(18)9-11-3-2-8-16-10-11/h4-7,11,16H,2-3,8-10H2,1H3. The molecule has 0 bridgehead atoms. The van der Waals surface area contributed by atoms with Crippen LogP contribution in [0.15, 0.2) is 24.3 Å². The third-order valence-electron chi connectivity index (χ3n) is 3.45. The SMILES string of the molecule is CN(C(=O)CC1CCCNC1)c1ccc(F)cc1. The lowest BCUT2D eigenvalue weighted by atomic mass is 9.95. The number of nitrogens with zero attached hydrogens (tertiary/aromatic N) is 1. The fourth-order valence-electron chi connectivity index (χ4n) is 2.29. The number of anilines is 1. The van der Waals surface area contributed by atoms with E-state index in [1.165, 1.54) is 12.1 Å². The zero-order valence-electron chi connectivity index (χ0n) is 10.7.